The molecule has 142 valence electrons. The normalized spacial score (nSPS) is 12.0. The predicted molar refractivity (Wildman–Crippen MR) is 110 cm³/mol. The fourth-order valence-corrected chi connectivity index (χ4v) is 4.00. The monoisotopic (exact) mass is 391 g/mol. The van der Waals surface area contributed by atoms with Gasteiger partial charge in [0, 0.05) is 17.3 Å². The Morgan fingerprint density at radius 3 is 2.57 bits per heavy atom. The summed E-state index contributed by atoms with van der Waals surface area (Å²) >= 11 is 1.64. The highest BCUT2D eigenvalue weighted by molar-refractivity contribution is 7.10. The number of benzene rings is 1. The molecule has 7 heteroatoms. The van der Waals surface area contributed by atoms with Gasteiger partial charge in [-0.05, 0) is 35.6 Å². The molecule has 0 aliphatic rings. The maximum atomic E-state index is 13.1. The van der Waals surface area contributed by atoms with E-state index in [1.165, 1.54) is 0 Å². The Morgan fingerprint density at radius 1 is 1.11 bits per heavy atom. The van der Waals surface area contributed by atoms with E-state index in [1.807, 2.05) is 76.9 Å². The Morgan fingerprint density at radius 2 is 1.89 bits per heavy atom. The van der Waals surface area contributed by atoms with Crippen LogP contribution in [0, 0.1) is 0 Å². The van der Waals surface area contributed by atoms with Crippen LogP contribution in [0.4, 0.5) is 0 Å². The first-order valence-electron chi connectivity index (χ1n) is 9.21. The second-order valence-corrected chi connectivity index (χ2v) is 7.42. The molecule has 1 aromatic carbocycles. The molecule has 0 unspecified atom stereocenters. The van der Waals surface area contributed by atoms with Gasteiger partial charge in [-0.1, -0.05) is 48.5 Å². The Labute approximate surface area is 167 Å². The number of thiophene rings is 1. The average molecular weight is 392 g/mol. The fourth-order valence-electron chi connectivity index (χ4n) is 3.14. The van der Waals surface area contributed by atoms with Gasteiger partial charge in [-0.3, -0.25) is 4.79 Å². The first-order chi connectivity index (χ1) is 13.8. The van der Waals surface area contributed by atoms with Crippen LogP contribution >= 0.6 is 11.3 Å². The van der Waals surface area contributed by atoms with Crippen LogP contribution in [0.25, 0.3) is 5.82 Å². The van der Waals surface area contributed by atoms with Crippen LogP contribution in [0.5, 0.6) is 0 Å². The van der Waals surface area contributed by atoms with Gasteiger partial charge in [-0.2, -0.15) is 0 Å². The van der Waals surface area contributed by atoms with Crippen molar-refractivity contribution in [3.63, 3.8) is 0 Å². The number of carbonyl (C=O) groups is 1. The van der Waals surface area contributed by atoms with E-state index >= 15 is 0 Å². The van der Waals surface area contributed by atoms with Crippen LogP contribution in [0.3, 0.4) is 0 Å². The number of hydrogen-bond donors (Lipinski definition) is 1. The van der Waals surface area contributed by atoms with Crippen molar-refractivity contribution in [1.82, 2.24) is 24.9 Å². The third-order valence-electron chi connectivity index (χ3n) is 4.55. The minimum atomic E-state index is -0.219. The summed E-state index contributed by atoms with van der Waals surface area (Å²) in [6.45, 7) is 2.60. The number of nitrogens with zero attached hydrogens (tertiary/aromatic N) is 4. The van der Waals surface area contributed by atoms with E-state index in [0.717, 1.165) is 16.9 Å². The fraction of sp³-hybridized carbons (Fsp3) is 0.190. The van der Waals surface area contributed by atoms with Crippen molar-refractivity contribution in [2.45, 2.75) is 25.9 Å². The molecule has 0 aliphatic heterocycles. The van der Waals surface area contributed by atoms with Crippen LogP contribution in [0.2, 0.25) is 0 Å². The molecule has 0 fully saturated rings. The minimum absolute atomic E-state index is 0.0377. The molecule has 1 N–H and O–H groups in total. The highest BCUT2D eigenvalue weighted by atomic mass is 32.1. The van der Waals surface area contributed by atoms with Crippen LogP contribution in [0.15, 0.2) is 72.4 Å². The zero-order chi connectivity index (χ0) is 19.3. The second-order valence-electron chi connectivity index (χ2n) is 6.44. The molecule has 0 aliphatic carbocycles. The van der Waals surface area contributed by atoms with Crippen molar-refractivity contribution in [1.29, 1.82) is 0 Å². The van der Waals surface area contributed by atoms with E-state index in [-0.39, 0.29) is 11.9 Å². The summed E-state index contributed by atoms with van der Waals surface area (Å²) in [6, 6.07) is 17.9. The van der Waals surface area contributed by atoms with Gasteiger partial charge in [0.05, 0.1) is 12.6 Å². The van der Waals surface area contributed by atoms with E-state index < -0.39 is 0 Å². The van der Waals surface area contributed by atoms with Gasteiger partial charge < -0.3 is 9.88 Å². The van der Waals surface area contributed by atoms with Crippen molar-refractivity contribution in [3.05, 3.63) is 88.5 Å². The van der Waals surface area contributed by atoms with Crippen molar-refractivity contribution in [2.24, 2.45) is 0 Å². The Bertz CT molecular complexity index is 1020. The van der Waals surface area contributed by atoms with Crippen LogP contribution in [-0.2, 0) is 6.54 Å². The molecular weight excluding hydrogens is 370 g/mol. The van der Waals surface area contributed by atoms with Gasteiger partial charge in [0.1, 0.15) is 0 Å². The molecule has 1 amide bonds. The summed E-state index contributed by atoms with van der Waals surface area (Å²) in [5.74, 6) is 0.440. The van der Waals surface area contributed by atoms with Gasteiger partial charge in [0.2, 0.25) is 0 Å². The van der Waals surface area contributed by atoms with Gasteiger partial charge in [-0.15, -0.1) is 16.4 Å². The van der Waals surface area contributed by atoms with Gasteiger partial charge in [0.25, 0.3) is 5.91 Å². The van der Waals surface area contributed by atoms with Crippen molar-refractivity contribution in [2.75, 3.05) is 0 Å². The van der Waals surface area contributed by atoms with Crippen molar-refractivity contribution < 1.29 is 4.79 Å². The maximum absolute atomic E-state index is 13.1. The van der Waals surface area contributed by atoms with Crippen LogP contribution in [0.1, 0.15) is 40.3 Å². The number of nitrogens with one attached hydrogen (secondary N) is 1. The molecule has 4 rings (SSSR count). The molecule has 1 atom stereocenters. The van der Waals surface area contributed by atoms with Crippen LogP contribution < -0.4 is 5.32 Å². The lowest BCUT2D eigenvalue weighted by atomic mass is 10.2. The van der Waals surface area contributed by atoms with E-state index in [9.17, 15) is 4.79 Å². The Hall–Kier alpha value is -3.19. The summed E-state index contributed by atoms with van der Waals surface area (Å²) in [4.78, 5) is 14.2. The molecule has 6 nitrogen and oxygen atoms in total. The number of hydrogen-bond acceptors (Lipinski definition) is 4. The molecule has 0 saturated carbocycles. The second kappa shape index (κ2) is 8.22. The highest BCUT2D eigenvalue weighted by Gasteiger charge is 2.24. The molecular formula is C21H21N5OS. The molecule has 0 bridgehead atoms. The third kappa shape index (κ3) is 3.75. The van der Waals surface area contributed by atoms with Crippen molar-refractivity contribution >= 4 is 17.2 Å². The first kappa shape index (κ1) is 18.2. The lowest BCUT2D eigenvalue weighted by molar-refractivity contribution is 0.0931. The number of amides is 1. The first-order valence-corrected chi connectivity index (χ1v) is 10.1. The number of carbonyl (C=O) groups excluding carboxylic acids is 1. The number of aromatic nitrogens is 4. The molecule has 4 aromatic rings. The van der Waals surface area contributed by atoms with E-state index in [0.29, 0.717) is 18.1 Å². The highest BCUT2D eigenvalue weighted by Crippen LogP contribution is 2.23. The Kier molecular flexibility index (Phi) is 5.34. The zero-order valence-corrected chi connectivity index (χ0v) is 16.3. The molecule has 0 spiro atoms. The smallest absolute Gasteiger partial charge is 0.276 e. The summed E-state index contributed by atoms with van der Waals surface area (Å²) in [6.07, 6.45) is 4.60. The SMILES string of the molecule is CC[C@@H](NC(=O)c1nnn(Cc2ccccc2)c1-n1cccc1)c1cccs1. The largest absolute Gasteiger partial charge is 0.343 e. The van der Waals surface area contributed by atoms with E-state index in [2.05, 4.69) is 22.6 Å². The molecule has 0 radical (unpaired) electrons. The Balaban J connectivity index is 1.66. The van der Waals surface area contributed by atoms with E-state index in [4.69, 9.17) is 0 Å². The lowest BCUT2D eigenvalue weighted by Gasteiger charge is -2.15. The minimum Gasteiger partial charge on any atom is -0.343 e. The molecule has 28 heavy (non-hydrogen) atoms. The maximum Gasteiger partial charge on any atom is 0.276 e. The standard InChI is InChI=1S/C21H21N5OS/c1-2-17(18-11-8-14-28-18)22-20(27)19-21(25-12-6-7-13-25)26(24-23-19)15-16-9-4-3-5-10-16/h3-14,17H,2,15H2,1H3,(H,22,27)/t17-/m1/s1. The number of rotatable bonds is 7. The van der Waals surface area contributed by atoms with Crippen LogP contribution in [-0.4, -0.2) is 25.5 Å². The molecule has 3 heterocycles. The summed E-state index contributed by atoms with van der Waals surface area (Å²) in [5, 5.41) is 13.6. The molecule has 0 saturated heterocycles. The van der Waals surface area contributed by atoms with Crippen molar-refractivity contribution in [3.8, 4) is 5.82 Å². The average Bonchev–Trinajstić information content (AvgIpc) is 3.47. The van der Waals surface area contributed by atoms with E-state index in [1.54, 1.807) is 16.0 Å². The quantitative estimate of drug-likeness (QED) is 0.517. The topological polar surface area (TPSA) is 64.7 Å². The predicted octanol–water partition coefficient (Wildman–Crippen LogP) is 4.06. The summed E-state index contributed by atoms with van der Waals surface area (Å²) < 4.78 is 3.64. The zero-order valence-electron chi connectivity index (χ0n) is 15.5. The summed E-state index contributed by atoms with van der Waals surface area (Å²) in [7, 11) is 0. The summed E-state index contributed by atoms with van der Waals surface area (Å²) in [5.41, 5.74) is 1.42. The van der Waals surface area contributed by atoms with Gasteiger partial charge in [0.15, 0.2) is 11.5 Å². The van der Waals surface area contributed by atoms with Gasteiger partial charge >= 0.3 is 0 Å². The lowest BCUT2D eigenvalue weighted by Crippen LogP contribution is -2.29. The molecule has 3 aromatic heterocycles. The van der Waals surface area contributed by atoms with Gasteiger partial charge in [-0.25, -0.2) is 4.68 Å². The third-order valence-corrected chi connectivity index (χ3v) is 5.53.